The monoisotopic (exact) mass is 282 g/mol. The first-order valence-corrected chi connectivity index (χ1v) is 7.60. The molecule has 0 radical (unpaired) electrons. The van der Waals surface area contributed by atoms with Gasteiger partial charge in [0, 0.05) is 25.1 Å². The first-order valence-electron chi connectivity index (χ1n) is 6.78. The van der Waals surface area contributed by atoms with Gasteiger partial charge in [0.05, 0.1) is 11.2 Å². The van der Waals surface area contributed by atoms with Gasteiger partial charge in [-0.25, -0.2) is 4.98 Å². The van der Waals surface area contributed by atoms with E-state index in [0.717, 1.165) is 35.8 Å². The molecule has 2 rings (SSSR count). The Bertz CT molecular complexity index is 443. The van der Waals surface area contributed by atoms with Gasteiger partial charge in [0.2, 0.25) is 0 Å². The number of aliphatic hydroxyl groups excluding tert-OH is 1. The highest BCUT2D eigenvalue weighted by atomic mass is 32.1. The number of carbonyl (C=O) groups is 1. The summed E-state index contributed by atoms with van der Waals surface area (Å²) in [4.78, 5) is 19.3. The van der Waals surface area contributed by atoms with E-state index in [2.05, 4.69) is 25.8 Å². The Labute approximate surface area is 118 Å². The van der Waals surface area contributed by atoms with Gasteiger partial charge < -0.3 is 10.0 Å². The number of nitrogens with zero attached hydrogens (tertiary/aromatic N) is 2. The molecule has 1 saturated heterocycles. The molecule has 0 atom stereocenters. The average molecular weight is 282 g/mol. The number of aromatic nitrogens is 1. The number of hydrogen-bond acceptors (Lipinski definition) is 4. The Balaban J connectivity index is 2.02. The lowest BCUT2D eigenvalue weighted by Gasteiger charge is -2.30. The predicted molar refractivity (Wildman–Crippen MR) is 76.5 cm³/mol. The van der Waals surface area contributed by atoms with Crippen molar-refractivity contribution >= 4 is 17.2 Å². The molecule has 1 aromatic rings. The van der Waals surface area contributed by atoms with Crippen molar-refractivity contribution < 1.29 is 9.90 Å². The number of likely N-dealkylation sites (tertiary alicyclic amines) is 1. The average Bonchev–Trinajstić information content (AvgIpc) is 2.87. The van der Waals surface area contributed by atoms with E-state index in [1.807, 2.05) is 4.90 Å². The summed E-state index contributed by atoms with van der Waals surface area (Å²) in [5.74, 6) is 0.444. The van der Waals surface area contributed by atoms with Gasteiger partial charge in [0.15, 0.2) is 0 Å². The van der Waals surface area contributed by atoms with Crippen LogP contribution in [-0.2, 0) is 5.41 Å². The number of aliphatic hydroxyl groups is 1. The number of hydrogen-bond donors (Lipinski definition) is 1. The molecule has 106 valence electrons. The van der Waals surface area contributed by atoms with Crippen LogP contribution in [0.2, 0.25) is 0 Å². The number of piperidine rings is 1. The summed E-state index contributed by atoms with van der Waals surface area (Å²) in [5.41, 5.74) is -0.00687. The number of thiazole rings is 1. The van der Waals surface area contributed by atoms with Gasteiger partial charge in [-0.15, -0.1) is 11.3 Å². The lowest BCUT2D eigenvalue weighted by Crippen LogP contribution is -2.38. The van der Waals surface area contributed by atoms with Crippen LogP contribution in [0.4, 0.5) is 0 Å². The zero-order valence-electron chi connectivity index (χ0n) is 11.8. The summed E-state index contributed by atoms with van der Waals surface area (Å²) in [6, 6.07) is 0. The Kier molecular flexibility index (Phi) is 4.26. The molecule has 0 spiro atoms. The third-order valence-electron chi connectivity index (χ3n) is 3.52. The highest BCUT2D eigenvalue weighted by Gasteiger charge is 2.26. The minimum atomic E-state index is -0.00687. The summed E-state index contributed by atoms with van der Waals surface area (Å²) in [6.07, 6.45) is 3.49. The maximum atomic E-state index is 12.4. The largest absolute Gasteiger partial charge is 0.396 e. The fourth-order valence-corrected chi connectivity index (χ4v) is 3.14. The first-order chi connectivity index (χ1) is 8.91. The van der Waals surface area contributed by atoms with E-state index in [4.69, 9.17) is 5.11 Å². The van der Waals surface area contributed by atoms with Crippen LogP contribution in [0, 0.1) is 5.92 Å². The van der Waals surface area contributed by atoms with Crippen molar-refractivity contribution in [1.82, 2.24) is 9.88 Å². The van der Waals surface area contributed by atoms with Gasteiger partial charge in [-0.2, -0.15) is 0 Å². The van der Waals surface area contributed by atoms with Crippen molar-refractivity contribution in [1.29, 1.82) is 0 Å². The summed E-state index contributed by atoms with van der Waals surface area (Å²) >= 11 is 1.50. The van der Waals surface area contributed by atoms with Gasteiger partial charge in [0.25, 0.3) is 5.91 Å². The van der Waals surface area contributed by atoms with Crippen molar-refractivity contribution in [2.24, 2.45) is 5.92 Å². The number of carbonyl (C=O) groups excluding carboxylic acids is 1. The van der Waals surface area contributed by atoms with Crippen LogP contribution in [0.15, 0.2) is 6.20 Å². The molecule has 5 heteroatoms. The Hall–Kier alpha value is -0.940. The second-order valence-corrected chi connectivity index (χ2v) is 7.23. The molecule has 0 aromatic carbocycles. The molecule has 0 saturated carbocycles. The van der Waals surface area contributed by atoms with Crippen LogP contribution in [0.5, 0.6) is 0 Å². The Morgan fingerprint density at radius 1 is 1.47 bits per heavy atom. The summed E-state index contributed by atoms with van der Waals surface area (Å²) in [5, 5.41) is 10.1. The molecule has 0 unspecified atom stereocenters. The van der Waals surface area contributed by atoms with Crippen molar-refractivity contribution in [3.8, 4) is 0 Å². The molecule has 1 fully saturated rings. The van der Waals surface area contributed by atoms with E-state index in [1.54, 1.807) is 6.20 Å². The molecule has 1 amide bonds. The van der Waals surface area contributed by atoms with Gasteiger partial charge in [-0.1, -0.05) is 20.8 Å². The Morgan fingerprint density at radius 3 is 2.58 bits per heavy atom. The van der Waals surface area contributed by atoms with E-state index in [0.29, 0.717) is 5.92 Å². The normalized spacial score (nSPS) is 17.8. The molecule has 19 heavy (non-hydrogen) atoms. The van der Waals surface area contributed by atoms with Crippen LogP contribution >= 0.6 is 11.3 Å². The predicted octanol–water partition coefficient (Wildman–Crippen LogP) is 2.29. The maximum absolute atomic E-state index is 12.4. The van der Waals surface area contributed by atoms with Crippen LogP contribution in [0.1, 0.15) is 48.3 Å². The third-order valence-corrected chi connectivity index (χ3v) is 4.93. The van der Waals surface area contributed by atoms with E-state index < -0.39 is 0 Å². The lowest BCUT2D eigenvalue weighted by molar-refractivity contribution is 0.0655. The van der Waals surface area contributed by atoms with Crippen molar-refractivity contribution in [2.45, 2.75) is 39.0 Å². The second kappa shape index (κ2) is 5.59. The third kappa shape index (κ3) is 3.34. The lowest BCUT2D eigenvalue weighted by atomic mass is 9.98. The second-order valence-electron chi connectivity index (χ2n) is 6.20. The highest BCUT2D eigenvalue weighted by Crippen LogP contribution is 2.28. The first kappa shape index (κ1) is 14.5. The molecule has 1 aromatic heterocycles. The number of rotatable bonds is 2. The molecule has 4 nitrogen and oxygen atoms in total. The zero-order valence-corrected chi connectivity index (χ0v) is 12.7. The highest BCUT2D eigenvalue weighted by molar-refractivity contribution is 7.13. The molecule has 1 aliphatic heterocycles. The standard InChI is InChI=1S/C14H22N2O2S/c1-14(2,3)13-15-8-11(19-13)12(18)16-6-4-10(9-17)5-7-16/h8,10,17H,4-7,9H2,1-3H3. The van der Waals surface area contributed by atoms with Gasteiger partial charge in [0.1, 0.15) is 4.88 Å². The molecule has 1 aliphatic rings. The number of amides is 1. The van der Waals surface area contributed by atoms with Crippen LogP contribution in [-0.4, -0.2) is 40.6 Å². The molecule has 0 bridgehead atoms. The smallest absolute Gasteiger partial charge is 0.265 e. The summed E-state index contributed by atoms with van der Waals surface area (Å²) in [7, 11) is 0. The van der Waals surface area contributed by atoms with Crippen LogP contribution < -0.4 is 0 Å². The minimum Gasteiger partial charge on any atom is -0.396 e. The van der Waals surface area contributed by atoms with Gasteiger partial charge in [-0.3, -0.25) is 4.79 Å². The quantitative estimate of drug-likeness (QED) is 0.905. The van der Waals surface area contributed by atoms with Crippen molar-refractivity contribution in [3.63, 3.8) is 0 Å². The minimum absolute atomic E-state index is 0.00687. The molecule has 0 aliphatic carbocycles. The van der Waals surface area contributed by atoms with Crippen molar-refractivity contribution in [2.75, 3.05) is 19.7 Å². The fraction of sp³-hybridized carbons (Fsp3) is 0.714. The van der Waals surface area contributed by atoms with E-state index in [1.165, 1.54) is 11.3 Å². The SMILES string of the molecule is CC(C)(C)c1ncc(C(=O)N2CCC(CO)CC2)s1. The van der Waals surface area contributed by atoms with E-state index in [-0.39, 0.29) is 17.9 Å². The van der Waals surface area contributed by atoms with E-state index >= 15 is 0 Å². The molecular formula is C14H22N2O2S. The van der Waals surface area contributed by atoms with Crippen LogP contribution in [0.25, 0.3) is 0 Å². The van der Waals surface area contributed by atoms with E-state index in [9.17, 15) is 4.79 Å². The molecule has 1 N–H and O–H groups in total. The fourth-order valence-electron chi connectivity index (χ4n) is 2.19. The maximum Gasteiger partial charge on any atom is 0.265 e. The topological polar surface area (TPSA) is 53.4 Å². The zero-order chi connectivity index (χ0) is 14.0. The summed E-state index contributed by atoms with van der Waals surface area (Å²) in [6.45, 7) is 8.03. The molecular weight excluding hydrogens is 260 g/mol. The Morgan fingerprint density at radius 2 is 2.11 bits per heavy atom. The summed E-state index contributed by atoms with van der Waals surface area (Å²) < 4.78 is 0. The van der Waals surface area contributed by atoms with Gasteiger partial charge in [-0.05, 0) is 18.8 Å². The van der Waals surface area contributed by atoms with Gasteiger partial charge >= 0.3 is 0 Å². The van der Waals surface area contributed by atoms with Crippen molar-refractivity contribution in [3.05, 3.63) is 16.1 Å². The van der Waals surface area contributed by atoms with Crippen LogP contribution in [0.3, 0.4) is 0 Å². The molecule has 2 heterocycles.